The molecule has 1 heterocycles. The van der Waals surface area contributed by atoms with Crippen molar-refractivity contribution in [2.24, 2.45) is 5.16 Å². The van der Waals surface area contributed by atoms with E-state index in [-0.39, 0.29) is 10.6 Å². The van der Waals surface area contributed by atoms with E-state index in [4.69, 9.17) is 28.0 Å². The summed E-state index contributed by atoms with van der Waals surface area (Å²) in [5.41, 5.74) is 1.98. The van der Waals surface area contributed by atoms with Crippen molar-refractivity contribution in [3.05, 3.63) is 92.1 Å². The molecule has 3 nitrogen and oxygen atoms in total. The van der Waals surface area contributed by atoms with E-state index in [0.717, 1.165) is 10.4 Å². The molecule has 0 aliphatic rings. The standard InChI is InChI=1S/C19H13Cl2NO2S/c20-14-8-9-15(16(21)12-14)19(23)24-22-17(18-7-4-10-25-18)11-13-5-2-1-3-6-13/h1-10,12H,11H2/b22-17+. The van der Waals surface area contributed by atoms with E-state index in [9.17, 15) is 4.79 Å². The number of hydrogen-bond acceptors (Lipinski definition) is 4. The van der Waals surface area contributed by atoms with Gasteiger partial charge in [0.05, 0.1) is 15.5 Å². The summed E-state index contributed by atoms with van der Waals surface area (Å²) in [6.45, 7) is 0. The molecule has 0 radical (unpaired) electrons. The highest BCUT2D eigenvalue weighted by atomic mass is 35.5. The second-order valence-electron chi connectivity index (χ2n) is 5.18. The zero-order chi connectivity index (χ0) is 17.6. The van der Waals surface area contributed by atoms with E-state index < -0.39 is 5.97 Å². The molecule has 0 aliphatic heterocycles. The van der Waals surface area contributed by atoms with Gasteiger partial charge < -0.3 is 4.84 Å². The molecule has 0 fully saturated rings. The third-order valence-electron chi connectivity index (χ3n) is 3.41. The summed E-state index contributed by atoms with van der Waals surface area (Å²) in [6.07, 6.45) is 0.559. The van der Waals surface area contributed by atoms with Crippen LogP contribution >= 0.6 is 34.5 Å². The first-order valence-electron chi connectivity index (χ1n) is 7.44. The second kappa shape index (κ2) is 8.30. The Labute approximate surface area is 159 Å². The van der Waals surface area contributed by atoms with Crippen LogP contribution in [0.2, 0.25) is 10.0 Å². The fourth-order valence-electron chi connectivity index (χ4n) is 2.20. The summed E-state index contributed by atoms with van der Waals surface area (Å²) >= 11 is 13.4. The molecule has 0 unspecified atom stereocenters. The van der Waals surface area contributed by atoms with Gasteiger partial charge in [-0.15, -0.1) is 11.3 Å². The summed E-state index contributed by atoms with van der Waals surface area (Å²) in [5, 5.41) is 6.72. The van der Waals surface area contributed by atoms with Crippen molar-refractivity contribution in [2.45, 2.75) is 6.42 Å². The van der Waals surface area contributed by atoms with Crippen LogP contribution in [0.4, 0.5) is 0 Å². The Hall–Kier alpha value is -2.14. The number of carbonyl (C=O) groups excluding carboxylic acids is 1. The van der Waals surface area contributed by atoms with Crippen molar-refractivity contribution in [1.29, 1.82) is 0 Å². The second-order valence-corrected chi connectivity index (χ2v) is 6.97. The molecule has 0 saturated heterocycles. The maximum atomic E-state index is 12.2. The van der Waals surface area contributed by atoms with E-state index in [1.165, 1.54) is 23.5 Å². The minimum Gasteiger partial charge on any atom is -0.312 e. The zero-order valence-electron chi connectivity index (χ0n) is 13.0. The number of halogens is 2. The molecule has 0 amide bonds. The van der Waals surface area contributed by atoms with Crippen molar-refractivity contribution in [3.8, 4) is 0 Å². The maximum Gasteiger partial charge on any atom is 0.367 e. The van der Waals surface area contributed by atoms with Gasteiger partial charge in [-0.2, -0.15) is 0 Å². The number of carbonyl (C=O) groups is 1. The molecule has 25 heavy (non-hydrogen) atoms. The van der Waals surface area contributed by atoms with Crippen LogP contribution in [-0.2, 0) is 11.3 Å². The van der Waals surface area contributed by atoms with Crippen molar-refractivity contribution in [3.63, 3.8) is 0 Å². The Morgan fingerprint density at radius 1 is 1.04 bits per heavy atom. The first kappa shape index (κ1) is 17.7. The number of hydrogen-bond donors (Lipinski definition) is 0. The lowest BCUT2D eigenvalue weighted by Gasteiger charge is -2.06. The summed E-state index contributed by atoms with van der Waals surface area (Å²) in [4.78, 5) is 18.3. The number of thiophene rings is 1. The first-order chi connectivity index (χ1) is 12.1. The molecular weight excluding hydrogens is 377 g/mol. The molecule has 3 rings (SSSR count). The topological polar surface area (TPSA) is 38.7 Å². The van der Waals surface area contributed by atoms with E-state index in [1.807, 2.05) is 47.8 Å². The normalized spacial score (nSPS) is 11.4. The number of benzene rings is 2. The predicted octanol–water partition coefficient (Wildman–Crippen LogP) is 5.86. The molecular formula is C19H13Cl2NO2S. The lowest BCUT2D eigenvalue weighted by Crippen LogP contribution is -2.08. The van der Waals surface area contributed by atoms with Gasteiger partial charge in [-0.25, -0.2) is 4.79 Å². The largest absolute Gasteiger partial charge is 0.367 e. The molecule has 126 valence electrons. The van der Waals surface area contributed by atoms with E-state index in [2.05, 4.69) is 5.16 Å². The quantitative estimate of drug-likeness (QED) is 0.311. The van der Waals surface area contributed by atoms with Gasteiger partial charge in [0.25, 0.3) is 0 Å². The van der Waals surface area contributed by atoms with Gasteiger partial charge in [0, 0.05) is 11.4 Å². The highest BCUT2D eigenvalue weighted by molar-refractivity contribution is 7.12. The van der Waals surface area contributed by atoms with Crippen LogP contribution in [0.5, 0.6) is 0 Å². The van der Waals surface area contributed by atoms with Gasteiger partial charge in [0.1, 0.15) is 5.71 Å². The van der Waals surface area contributed by atoms with E-state index in [1.54, 1.807) is 6.07 Å². The van der Waals surface area contributed by atoms with Crippen LogP contribution in [0.15, 0.2) is 71.2 Å². The number of nitrogens with zero attached hydrogens (tertiary/aromatic N) is 1. The Morgan fingerprint density at radius 3 is 2.52 bits per heavy atom. The van der Waals surface area contributed by atoms with Gasteiger partial charge in [0.2, 0.25) is 0 Å². The Bertz CT molecular complexity index is 893. The zero-order valence-corrected chi connectivity index (χ0v) is 15.3. The number of rotatable bonds is 5. The average Bonchev–Trinajstić information content (AvgIpc) is 3.13. The summed E-state index contributed by atoms with van der Waals surface area (Å²) < 4.78 is 0. The molecule has 0 bridgehead atoms. The van der Waals surface area contributed by atoms with Crippen molar-refractivity contribution in [2.75, 3.05) is 0 Å². The van der Waals surface area contributed by atoms with Crippen molar-refractivity contribution >= 4 is 46.2 Å². The fraction of sp³-hybridized carbons (Fsp3) is 0.0526. The third-order valence-corrected chi connectivity index (χ3v) is 4.88. The van der Waals surface area contributed by atoms with Gasteiger partial charge in [-0.1, -0.05) is 64.8 Å². The average molecular weight is 390 g/mol. The molecule has 3 aromatic rings. The van der Waals surface area contributed by atoms with Crippen LogP contribution in [0.1, 0.15) is 20.8 Å². The van der Waals surface area contributed by atoms with Crippen LogP contribution in [0.25, 0.3) is 0 Å². The lowest BCUT2D eigenvalue weighted by atomic mass is 10.1. The highest BCUT2D eigenvalue weighted by Crippen LogP contribution is 2.22. The summed E-state index contributed by atoms with van der Waals surface area (Å²) in [7, 11) is 0. The van der Waals surface area contributed by atoms with Gasteiger partial charge in [-0.3, -0.25) is 0 Å². The van der Waals surface area contributed by atoms with E-state index >= 15 is 0 Å². The van der Waals surface area contributed by atoms with Gasteiger partial charge >= 0.3 is 5.97 Å². The molecule has 0 saturated carbocycles. The summed E-state index contributed by atoms with van der Waals surface area (Å²) in [5.74, 6) is -0.621. The number of oxime groups is 1. The van der Waals surface area contributed by atoms with Crippen LogP contribution < -0.4 is 0 Å². The lowest BCUT2D eigenvalue weighted by molar-refractivity contribution is 0.0516. The van der Waals surface area contributed by atoms with Crippen LogP contribution in [0.3, 0.4) is 0 Å². The van der Waals surface area contributed by atoms with Crippen LogP contribution in [-0.4, -0.2) is 11.7 Å². The minimum absolute atomic E-state index is 0.222. The molecule has 1 aromatic heterocycles. The van der Waals surface area contributed by atoms with Crippen molar-refractivity contribution in [1.82, 2.24) is 0 Å². The molecule has 0 atom stereocenters. The molecule has 0 N–H and O–H groups in total. The Balaban J connectivity index is 1.82. The minimum atomic E-state index is -0.621. The first-order valence-corrected chi connectivity index (χ1v) is 9.08. The smallest absolute Gasteiger partial charge is 0.312 e. The monoisotopic (exact) mass is 389 g/mol. The van der Waals surface area contributed by atoms with Crippen molar-refractivity contribution < 1.29 is 9.63 Å². The van der Waals surface area contributed by atoms with Crippen LogP contribution in [0, 0.1) is 0 Å². The SMILES string of the molecule is O=C(O/N=C(\Cc1ccccc1)c1cccs1)c1ccc(Cl)cc1Cl. The molecule has 6 heteroatoms. The van der Waals surface area contributed by atoms with E-state index in [0.29, 0.717) is 17.2 Å². The Morgan fingerprint density at radius 2 is 1.84 bits per heavy atom. The summed E-state index contributed by atoms with van der Waals surface area (Å²) in [6, 6.07) is 18.3. The molecule has 2 aromatic carbocycles. The molecule has 0 aliphatic carbocycles. The van der Waals surface area contributed by atoms with Gasteiger partial charge in [-0.05, 0) is 35.2 Å². The highest BCUT2D eigenvalue weighted by Gasteiger charge is 2.14. The third kappa shape index (κ3) is 4.69. The predicted molar refractivity (Wildman–Crippen MR) is 103 cm³/mol. The molecule has 0 spiro atoms. The maximum absolute atomic E-state index is 12.2. The van der Waals surface area contributed by atoms with Gasteiger partial charge in [0.15, 0.2) is 0 Å². The fourth-order valence-corrected chi connectivity index (χ4v) is 3.39. The Kier molecular flexibility index (Phi) is 5.87.